The number of esters is 1. The van der Waals surface area contributed by atoms with Crippen molar-refractivity contribution < 1.29 is 14.3 Å². The van der Waals surface area contributed by atoms with Gasteiger partial charge in [-0.25, -0.2) is 0 Å². The first kappa shape index (κ1) is 14.8. The summed E-state index contributed by atoms with van der Waals surface area (Å²) in [6, 6.07) is 7.31. The number of amides is 1. The van der Waals surface area contributed by atoms with E-state index in [1.807, 2.05) is 43.1 Å². The normalized spacial score (nSPS) is 30.2. The highest BCUT2D eigenvalue weighted by Crippen LogP contribution is 2.52. The van der Waals surface area contributed by atoms with E-state index in [1.165, 1.54) is 7.11 Å². The van der Waals surface area contributed by atoms with E-state index in [4.69, 9.17) is 4.74 Å². The van der Waals surface area contributed by atoms with E-state index in [-0.39, 0.29) is 17.9 Å². The zero-order valence-electron chi connectivity index (χ0n) is 13.1. The first-order valence-corrected chi connectivity index (χ1v) is 7.29. The number of nitrogens with zero attached hydrogens (tertiary/aromatic N) is 1. The molecule has 3 atom stereocenters. The van der Waals surface area contributed by atoms with Gasteiger partial charge in [-0.1, -0.05) is 30.4 Å². The summed E-state index contributed by atoms with van der Waals surface area (Å²) in [5.41, 5.74) is 1.51. The second-order valence-corrected chi connectivity index (χ2v) is 6.13. The molecule has 3 rings (SSSR count). The second kappa shape index (κ2) is 4.95. The summed E-state index contributed by atoms with van der Waals surface area (Å²) in [6.07, 6.45) is 0. The number of hydrogen-bond donors (Lipinski definition) is 1. The fourth-order valence-corrected chi connectivity index (χ4v) is 4.16. The minimum absolute atomic E-state index is 0.151. The van der Waals surface area contributed by atoms with Crippen LogP contribution in [0.3, 0.4) is 0 Å². The first-order valence-electron chi connectivity index (χ1n) is 7.29. The van der Waals surface area contributed by atoms with Crippen molar-refractivity contribution in [3.05, 3.63) is 42.0 Å². The lowest BCUT2D eigenvalue weighted by Gasteiger charge is -2.35. The summed E-state index contributed by atoms with van der Waals surface area (Å²) in [7, 11) is 3.28. The van der Waals surface area contributed by atoms with Crippen LogP contribution in [0.15, 0.2) is 36.4 Å². The zero-order chi connectivity index (χ0) is 16.1. The van der Waals surface area contributed by atoms with Crippen molar-refractivity contribution in [1.82, 2.24) is 4.90 Å². The number of carbonyl (C=O) groups excluding carboxylic acids is 2. The molecule has 1 saturated heterocycles. The van der Waals surface area contributed by atoms with Gasteiger partial charge in [0.25, 0.3) is 0 Å². The van der Waals surface area contributed by atoms with Crippen molar-refractivity contribution in [1.29, 1.82) is 0 Å². The smallest absolute Gasteiger partial charge is 0.311 e. The summed E-state index contributed by atoms with van der Waals surface area (Å²) >= 11 is 0. The average molecular weight is 300 g/mol. The molecule has 0 aromatic heterocycles. The number of likely N-dealkylation sites (N-methyl/N-ethyl adjacent to an activating group) is 1. The molecule has 0 aliphatic carbocycles. The monoisotopic (exact) mass is 300 g/mol. The topological polar surface area (TPSA) is 58.6 Å². The van der Waals surface area contributed by atoms with Crippen LogP contribution < -0.4 is 5.32 Å². The number of likely N-dealkylation sites (tertiary alicyclic amines) is 1. The Kier molecular flexibility index (Phi) is 3.33. The molecule has 0 bridgehead atoms. The van der Waals surface area contributed by atoms with Gasteiger partial charge in [0.1, 0.15) is 5.41 Å². The van der Waals surface area contributed by atoms with Crippen LogP contribution in [0.5, 0.6) is 0 Å². The molecule has 2 aliphatic heterocycles. The molecule has 5 heteroatoms. The van der Waals surface area contributed by atoms with Crippen molar-refractivity contribution >= 4 is 17.6 Å². The van der Waals surface area contributed by atoms with Crippen LogP contribution in [0, 0.1) is 5.92 Å². The number of methoxy groups -OCH3 is 1. The molecule has 1 aromatic carbocycles. The van der Waals surface area contributed by atoms with E-state index >= 15 is 0 Å². The Bertz CT molecular complexity index is 670. The maximum atomic E-state index is 13.0. The van der Waals surface area contributed by atoms with Gasteiger partial charge in [0.15, 0.2) is 0 Å². The zero-order valence-corrected chi connectivity index (χ0v) is 13.1. The van der Waals surface area contributed by atoms with Gasteiger partial charge in [-0.05, 0) is 25.6 Å². The van der Waals surface area contributed by atoms with Gasteiger partial charge in [0.2, 0.25) is 5.91 Å². The predicted molar refractivity (Wildman–Crippen MR) is 83.5 cm³/mol. The van der Waals surface area contributed by atoms with Gasteiger partial charge in [0, 0.05) is 18.3 Å². The van der Waals surface area contributed by atoms with Crippen molar-refractivity contribution in [2.24, 2.45) is 5.92 Å². The summed E-state index contributed by atoms with van der Waals surface area (Å²) in [6.45, 7) is 6.42. The van der Waals surface area contributed by atoms with E-state index in [9.17, 15) is 9.59 Å². The largest absolute Gasteiger partial charge is 0.469 e. The summed E-state index contributed by atoms with van der Waals surface area (Å²) in [5, 5.41) is 2.93. The van der Waals surface area contributed by atoms with Crippen LogP contribution in [0.25, 0.3) is 0 Å². The Labute approximate surface area is 129 Å². The van der Waals surface area contributed by atoms with Crippen LogP contribution in [-0.2, 0) is 19.7 Å². The number of anilines is 1. The fourth-order valence-electron chi connectivity index (χ4n) is 4.16. The third-order valence-electron chi connectivity index (χ3n) is 4.84. The van der Waals surface area contributed by atoms with Gasteiger partial charge >= 0.3 is 5.97 Å². The van der Waals surface area contributed by atoms with E-state index in [0.29, 0.717) is 6.54 Å². The van der Waals surface area contributed by atoms with Gasteiger partial charge < -0.3 is 10.1 Å². The highest BCUT2D eigenvalue weighted by molar-refractivity contribution is 6.10. The first-order chi connectivity index (χ1) is 10.4. The Balaban J connectivity index is 2.27. The van der Waals surface area contributed by atoms with Crippen molar-refractivity contribution in [2.75, 3.05) is 26.0 Å². The molecule has 1 N–H and O–H groups in total. The molecule has 0 saturated carbocycles. The van der Waals surface area contributed by atoms with Crippen LogP contribution in [0.4, 0.5) is 5.69 Å². The van der Waals surface area contributed by atoms with E-state index in [1.54, 1.807) is 0 Å². The highest BCUT2D eigenvalue weighted by atomic mass is 16.5. The fraction of sp³-hybridized carbons (Fsp3) is 0.412. The third-order valence-corrected chi connectivity index (χ3v) is 4.84. The van der Waals surface area contributed by atoms with Gasteiger partial charge in [-0.2, -0.15) is 0 Å². The number of fused-ring (bicyclic) bond motifs is 2. The molecular formula is C17H20N2O3. The number of carbonyl (C=O) groups is 2. The van der Waals surface area contributed by atoms with Crippen molar-refractivity contribution in [3.63, 3.8) is 0 Å². The summed E-state index contributed by atoms with van der Waals surface area (Å²) in [5.74, 6) is -1.06. The molecule has 5 nitrogen and oxygen atoms in total. The molecule has 2 aliphatic rings. The number of ether oxygens (including phenoxy) is 1. The van der Waals surface area contributed by atoms with Crippen LogP contribution in [0.1, 0.15) is 12.5 Å². The van der Waals surface area contributed by atoms with Gasteiger partial charge in [-0.3, -0.25) is 14.5 Å². The maximum Gasteiger partial charge on any atom is 0.311 e. The predicted octanol–water partition coefficient (Wildman–Crippen LogP) is 1.56. The Hall–Kier alpha value is -2.14. The lowest BCUT2D eigenvalue weighted by molar-refractivity contribution is -0.149. The summed E-state index contributed by atoms with van der Waals surface area (Å²) in [4.78, 5) is 27.4. The Morgan fingerprint density at radius 2 is 2.14 bits per heavy atom. The molecule has 22 heavy (non-hydrogen) atoms. The number of nitrogens with one attached hydrogen (secondary N) is 1. The highest BCUT2D eigenvalue weighted by Gasteiger charge is 2.65. The molecule has 116 valence electrons. The van der Waals surface area contributed by atoms with Gasteiger partial charge in [-0.15, -0.1) is 0 Å². The molecule has 1 spiro atoms. The van der Waals surface area contributed by atoms with E-state index < -0.39 is 11.3 Å². The van der Waals surface area contributed by atoms with Crippen LogP contribution in [0.2, 0.25) is 0 Å². The molecular weight excluding hydrogens is 280 g/mol. The standard InChI is InChI=1S/C17H20N2O3/c1-10(2)14-17(12(9-19(14)3)15(20)22-4)11-7-5-6-8-13(11)18-16(17)21/h5-8,12,14H,1,9H2,2-4H3,(H,18,21)/t12-,14+,17-/m0/s1. The summed E-state index contributed by atoms with van der Waals surface area (Å²) < 4.78 is 4.99. The minimum Gasteiger partial charge on any atom is -0.469 e. The Morgan fingerprint density at radius 3 is 2.77 bits per heavy atom. The number of benzene rings is 1. The Morgan fingerprint density at radius 1 is 1.45 bits per heavy atom. The average Bonchev–Trinajstić information content (AvgIpc) is 2.95. The van der Waals surface area contributed by atoms with Gasteiger partial charge in [0.05, 0.1) is 13.0 Å². The SMILES string of the molecule is C=C(C)[C@H]1N(C)C[C@@H](C(=O)OC)[C@]12C(=O)Nc1ccccc12. The molecule has 0 unspecified atom stereocenters. The third kappa shape index (κ3) is 1.69. The van der Waals surface area contributed by atoms with Crippen molar-refractivity contribution in [2.45, 2.75) is 18.4 Å². The van der Waals surface area contributed by atoms with Crippen LogP contribution >= 0.6 is 0 Å². The number of hydrogen-bond acceptors (Lipinski definition) is 4. The molecule has 1 amide bonds. The van der Waals surface area contributed by atoms with Crippen LogP contribution in [-0.4, -0.2) is 43.5 Å². The van der Waals surface area contributed by atoms with E-state index in [2.05, 4.69) is 11.9 Å². The number of para-hydroxylation sites is 1. The molecule has 1 aromatic rings. The minimum atomic E-state index is -0.968. The molecule has 1 fully saturated rings. The number of rotatable bonds is 2. The second-order valence-electron chi connectivity index (χ2n) is 6.13. The molecule has 0 radical (unpaired) electrons. The maximum absolute atomic E-state index is 13.0. The van der Waals surface area contributed by atoms with Crippen molar-refractivity contribution in [3.8, 4) is 0 Å². The lowest BCUT2D eigenvalue weighted by Crippen LogP contribution is -2.51. The van der Waals surface area contributed by atoms with E-state index in [0.717, 1.165) is 16.8 Å². The molecule has 2 heterocycles. The quantitative estimate of drug-likeness (QED) is 0.665. The lowest BCUT2D eigenvalue weighted by atomic mass is 9.67.